The standard InChI is InChI=1S/C10H10N4O2/c1-2-16-10(15)7(5-11)9(12)8-6-13-3-4-14-8/h3-4,6H,2,12H2,1H3/b9-7-. The van der Waals surface area contributed by atoms with Crippen LogP contribution in [0.3, 0.4) is 0 Å². The van der Waals surface area contributed by atoms with Crippen LogP contribution in [-0.2, 0) is 9.53 Å². The van der Waals surface area contributed by atoms with Crippen LogP contribution < -0.4 is 5.73 Å². The molecule has 16 heavy (non-hydrogen) atoms. The molecule has 0 saturated carbocycles. The predicted molar refractivity (Wildman–Crippen MR) is 55.4 cm³/mol. The van der Waals surface area contributed by atoms with E-state index in [-0.39, 0.29) is 23.6 Å². The molecular formula is C10H10N4O2. The van der Waals surface area contributed by atoms with Crippen molar-refractivity contribution in [1.29, 1.82) is 5.26 Å². The Bertz CT molecular complexity index is 448. The molecule has 1 aromatic heterocycles. The number of nitrogens with two attached hydrogens (primary N) is 1. The van der Waals surface area contributed by atoms with Crippen LogP contribution in [0, 0.1) is 11.3 Å². The summed E-state index contributed by atoms with van der Waals surface area (Å²) < 4.78 is 4.69. The number of ether oxygens (including phenoxy) is 1. The van der Waals surface area contributed by atoms with Gasteiger partial charge in [0.1, 0.15) is 11.8 Å². The summed E-state index contributed by atoms with van der Waals surface area (Å²) in [6, 6.07) is 1.70. The van der Waals surface area contributed by atoms with Gasteiger partial charge in [0.25, 0.3) is 0 Å². The molecule has 6 heteroatoms. The Hall–Kier alpha value is -2.42. The molecule has 1 heterocycles. The number of hydrogen-bond donors (Lipinski definition) is 1. The third-order valence-electron chi connectivity index (χ3n) is 1.70. The van der Waals surface area contributed by atoms with E-state index in [0.29, 0.717) is 0 Å². The van der Waals surface area contributed by atoms with E-state index in [1.54, 1.807) is 13.0 Å². The van der Waals surface area contributed by atoms with Crippen molar-refractivity contribution in [2.24, 2.45) is 5.73 Å². The van der Waals surface area contributed by atoms with E-state index in [1.807, 2.05) is 0 Å². The summed E-state index contributed by atoms with van der Waals surface area (Å²) in [6.07, 6.45) is 4.25. The van der Waals surface area contributed by atoms with Crippen molar-refractivity contribution in [3.63, 3.8) is 0 Å². The first-order valence-electron chi connectivity index (χ1n) is 4.54. The molecule has 0 radical (unpaired) electrons. The minimum Gasteiger partial charge on any atom is -0.462 e. The van der Waals surface area contributed by atoms with Gasteiger partial charge in [-0.1, -0.05) is 0 Å². The fourth-order valence-electron chi connectivity index (χ4n) is 0.985. The number of nitrogens with zero attached hydrogens (tertiary/aromatic N) is 3. The zero-order valence-corrected chi connectivity index (χ0v) is 8.67. The quantitative estimate of drug-likeness (QED) is 0.442. The lowest BCUT2D eigenvalue weighted by molar-refractivity contribution is -0.137. The summed E-state index contributed by atoms with van der Waals surface area (Å²) in [5.41, 5.74) is 5.61. The second kappa shape index (κ2) is 5.46. The number of carbonyl (C=O) groups excluding carboxylic acids is 1. The van der Waals surface area contributed by atoms with Gasteiger partial charge in [-0.25, -0.2) is 4.79 Å². The molecular weight excluding hydrogens is 208 g/mol. The van der Waals surface area contributed by atoms with Gasteiger partial charge >= 0.3 is 5.97 Å². The van der Waals surface area contributed by atoms with Gasteiger partial charge in [0.15, 0.2) is 5.57 Å². The van der Waals surface area contributed by atoms with Gasteiger partial charge in [-0.2, -0.15) is 5.26 Å². The third-order valence-corrected chi connectivity index (χ3v) is 1.70. The normalized spacial score (nSPS) is 11.2. The first kappa shape index (κ1) is 11.7. The van der Waals surface area contributed by atoms with E-state index >= 15 is 0 Å². The maximum Gasteiger partial charge on any atom is 0.351 e. The molecule has 0 spiro atoms. The lowest BCUT2D eigenvalue weighted by atomic mass is 10.2. The van der Waals surface area contributed by atoms with Gasteiger partial charge in [-0.15, -0.1) is 0 Å². The van der Waals surface area contributed by atoms with Gasteiger partial charge in [-0.3, -0.25) is 9.97 Å². The van der Waals surface area contributed by atoms with Crippen LogP contribution >= 0.6 is 0 Å². The molecule has 0 aliphatic rings. The fourth-order valence-corrected chi connectivity index (χ4v) is 0.985. The Morgan fingerprint density at radius 2 is 2.38 bits per heavy atom. The zero-order chi connectivity index (χ0) is 12.0. The second-order valence-corrected chi connectivity index (χ2v) is 2.71. The summed E-state index contributed by atoms with van der Waals surface area (Å²) in [4.78, 5) is 19.0. The lowest BCUT2D eigenvalue weighted by Gasteiger charge is -2.03. The Morgan fingerprint density at radius 1 is 1.62 bits per heavy atom. The smallest absolute Gasteiger partial charge is 0.351 e. The molecule has 0 amide bonds. The first-order chi connectivity index (χ1) is 7.70. The Labute approximate surface area is 92.4 Å². The van der Waals surface area contributed by atoms with Gasteiger partial charge in [0.2, 0.25) is 0 Å². The van der Waals surface area contributed by atoms with Crippen molar-refractivity contribution < 1.29 is 9.53 Å². The van der Waals surface area contributed by atoms with E-state index in [2.05, 4.69) is 9.97 Å². The van der Waals surface area contributed by atoms with Crippen molar-refractivity contribution in [2.45, 2.75) is 6.92 Å². The van der Waals surface area contributed by atoms with E-state index in [9.17, 15) is 4.79 Å². The maximum absolute atomic E-state index is 11.4. The first-order valence-corrected chi connectivity index (χ1v) is 4.54. The average molecular weight is 218 g/mol. The highest BCUT2D eigenvalue weighted by atomic mass is 16.5. The van der Waals surface area contributed by atoms with Crippen LogP contribution in [0.15, 0.2) is 24.2 Å². The zero-order valence-electron chi connectivity index (χ0n) is 8.67. The van der Waals surface area contributed by atoms with Crippen LogP contribution in [0.25, 0.3) is 5.70 Å². The van der Waals surface area contributed by atoms with Crippen LogP contribution in [0.4, 0.5) is 0 Å². The monoisotopic (exact) mass is 218 g/mol. The maximum atomic E-state index is 11.4. The van der Waals surface area contributed by atoms with Crippen molar-refractivity contribution >= 4 is 11.7 Å². The van der Waals surface area contributed by atoms with Gasteiger partial charge in [-0.05, 0) is 6.92 Å². The van der Waals surface area contributed by atoms with Gasteiger partial charge < -0.3 is 10.5 Å². The number of nitriles is 1. The summed E-state index contributed by atoms with van der Waals surface area (Å²) >= 11 is 0. The summed E-state index contributed by atoms with van der Waals surface area (Å²) in [5.74, 6) is -0.756. The van der Waals surface area contributed by atoms with E-state index in [1.165, 1.54) is 18.6 Å². The minimum absolute atomic E-state index is 0.0333. The molecule has 1 rings (SSSR count). The molecule has 1 aromatic rings. The Kier molecular flexibility index (Phi) is 3.98. The van der Waals surface area contributed by atoms with Crippen LogP contribution in [0.5, 0.6) is 0 Å². The molecule has 0 atom stereocenters. The van der Waals surface area contributed by atoms with E-state index in [0.717, 1.165) is 0 Å². The fraction of sp³-hybridized carbons (Fsp3) is 0.200. The molecule has 0 aliphatic carbocycles. The largest absolute Gasteiger partial charge is 0.462 e. The van der Waals surface area contributed by atoms with E-state index < -0.39 is 5.97 Å². The number of aromatic nitrogens is 2. The van der Waals surface area contributed by atoms with Crippen molar-refractivity contribution in [3.05, 3.63) is 29.9 Å². The van der Waals surface area contributed by atoms with Gasteiger partial charge in [0, 0.05) is 12.4 Å². The molecule has 0 bridgehead atoms. The summed E-state index contributed by atoms with van der Waals surface area (Å²) in [5, 5.41) is 8.82. The molecule has 6 nitrogen and oxygen atoms in total. The van der Waals surface area contributed by atoms with Crippen molar-refractivity contribution in [3.8, 4) is 6.07 Å². The topological polar surface area (TPSA) is 102 Å². The summed E-state index contributed by atoms with van der Waals surface area (Å²) in [7, 11) is 0. The molecule has 0 saturated heterocycles. The molecule has 0 unspecified atom stereocenters. The minimum atomic E-state index is -0.756. The number of esters is 1. The Balaban J connectivity index is 3.11. The van der Waals surface area contributed by atoms with Crippen molar-refractivity contribution in [2.75, 3.05) is 6.61 Å². The lowest BCUT2D eigenvalue weighted by Crippen LogP contribution is -2.13. The number of carbonyl (C=O) groups is 1. The molecule has 0 aliphatic heterocycles. The highest BCUT2D eigenvalue weighted by Gasteiger charge is 2.16. The third kappa shape index (κ3) is 2.54. The van der Waals surface area contributed by atoms with E-state index in [4.69, 9.17) is 15.7 Å². The molecule has 0 aromatic carbocycles. The number of hydrogen-bond acceptors (Lipinski definition) is 6. The summed E-state index contributed by atoms with van der Waals surface area (Å²) in [6.45, 7) is 1.82. The molecule has 0 fully saturated rings. The molecule has 2 N–H and O–H groups in total. The van der Waals surface area contributed by atoms with Crippen LogP contribution in [0.1, 0.15) is 12.6 Å². The predicted octanol–water partition coefficient (Wildman–Crippen LogP) is 0.233. The van der Waals surface area contributed by atoms with Crippen LogP contribution in [-0.4, -0.2) is 22.5 Å². The Morgan fingerprint density at radius 3 is 2.88 bits per heavy atom. The van der Waals surface area contributed by atoms with Crippen LogP contribution in [0.2, 0.25) is 0 Å². The molecule has 82 valence electrons. The average Bonchev–Trinajstić information content (AvgIpc) is 2.31. The SMILES string of the molecule is CCOC(=O)/C(C#N)=C(\N)c1cnccn1. The highest BCUT2D eigenvalue weighted by Crippen LogP contribution is 2.10. The van der Waals surface area contributed by atoms with Crippen molar-refractivity contribution in [1.82, 2.24) is 9.97 Å². The highest BCUT2D eigenvalue weighted by molar-refractivity contribution is 6.00. The number of rotatable bonds is 3. The second-order valence-electron chi connectivity index (χ2n) is 2.71. The van der Waals surface area contributed by atoms with Gasteiger partial charge in [0.05, 0.1) is 18.5 Å².